The number of hydrogen-bond acceptors (Lipinski definition) is 5. The van der Waals surface area contributed by atoms with Crippen LogP contribution >= 0.6 is 27.3 Å². The first-order valence-corrected chi connectivity index (χ1v) is 13.3. The lowest BCUT2D eigenvalue weighted by molar-refractivity contribution is 0.102. The Balaban J connectivity index is 1.73. The van der Waals surface area contributed by atoms with Crippen LogP contribution in [-0.2, 0) is 12.8 Å². The van der Waals surface area contributed by atoms with Crippen molar-refractivity contribution in [1.82, 2.24) is 0 Å². The van der Waals surface area contributed by atoms with Crippen molar-refractivity contribution < 1.29 is 14.3 Å². The molecule has 0 saturated carbocycles. The summed E-state index contributed by atoms with van der Waals surface area (Å²) in [5.74, 6) is 1.87. The van der Waals surface area contributed by atoms with Gasteiger partial charge in [0.15, 0.2) is 0 Å². The summed E-state index contributed by atoms with van der Waals surface area (Å²) in [7, 11) is 3.26. The number of rotatable bonds is 6. The third-order valence-electron chi connectivity index (χ3n) is 6.56. The largest absolute Gasteiger partial charge is 0.497 e. The van der Waals surface area contributed by atoms with Crippen molar-refractivity contribution >= 4 is 50.1 Å². The number of aliphatic imine (C=N–C) groups is 1. The molecule has 1 N–H and O–H groups in total. The number of carbonyl (C=O) groups excluding carboxylic acids is 1. The number of thiophene rings is 1. The number of ether oxygens (including phenoxy) is 2. The second-order valence-corrected chi connectivity index (χ2v) is 11.8. The summed E-state index contributed by atoms with van der Waals surface area (Å²) in [4.78, 5) is 19.6. The second kappa shape index (κ2) is 10.5. The Morgan fingerprint density at radius 3 is 2.54 bits per heavy atom. The predicted molar refractivity (Wildman–Crippen MR) is 148 cm³/mol. The molecular weight excluding hydrogens is 524 g/mol. The van der Waals surface area contributed by atoms with Gasteiger partial charge in [-0.1, -0.05) is 36.7 Å². The first kappa shape index (κ1) is 25.5. The van der Waals surface area contributed by atoms with Gasteiger partial charge in [-0.3, -0.25) is 4.79 Å². The van der Waals surface area contributed by atoms with E-state index in [2.05, 4.69) is 42.0 Å². The van der Waals surface area contributed by atoms with Crippen LogP contribution < -0.4 is 14.8 Å². The van der Waals surface area contributed by atoms with Gasteiger partial charge < -0.3 is 14.8 Å². The molecule has 0 spiro atoms. The number of fused-ring (bicyclic) bond motifs is 1. The predicted octanol–water partition coefficient (Wildman–Crippen LogP) is 7.68. The van der Waals surface area contributed by atoms with Crippen LogP contribution in [0.1, 0.15) is 53.6 Å². The summed E-state index contributed by atoms with van der Waals surface area (Å²) in [6, 6.07) is 13.2. The third kappa shape index (κ3) is 5.78. The lowest BCUT2D eigenvalue weighted by Gasteiger charge is -2.33. The Bertz CT molecular complexity index is 1240. The molecule has 5 nitrogen and oxygen atoms in total. The standard InChI is InChI=1S/C28H31BrN2O3S/c1-28(2,3)18-6-12-22-24(15-18)35-27(25(22)26(32)31-20-9-7-19(29)8-10-20)30-16-17-14-21(33-4)11-13-23(17)34-5/h7-11,13-14,16,18H,6,12,15H2,1-5H3,(H,31,32). The highest BCUT2D eigenvalue weighted by atomic mass is 79.9. The molecular formula is C28H31BrN2O3S. The van der Waals surface area contributed by atoms with Gasteiger partial charge in [-0.15, -0.1) is 11.3 Å². The molecule has 0 aliphatic heterocycles. The summed E-state index contributed by atoms with van der Waals surface area (Å²) in [6.45, 7) is 6.89. The van der Waals surface area contributed by atoms with Gasteiger partial charge in [0.1, 0.15) is 16.5 Å². The molecule has 1 aliphatic carbocycles. The fourth-order valence-electron chi connectivity index (χ4n) is 4.43. The van der Waals surface area contributed by atoms with Gasteiger partial charge >= 0.3 is 0 Å². The van der Waals surface area contributed by atoms with Crippen molar-refractivity contribution in [3.8, 4) is 11.5 Å². The van der Waals surface area contributed by atoms with E-state index in [0.29, 0.717) is 17.2 Å². The number of nitrogens with zero attached hydrogens (tertiary/aromatic N) is 1. The van der Waals surface area contributed by atoms with Crippen LogP contribution in [0, 0.1) is 11.3 Å². The fourth-order valence-corrected chi connectivity index (χ4v) is 5.96. The molecule has 0 bridgehead atoms. The van der Waals surface area contributed by atoms with E-state index >= 15 is 0 Å². The summed E-state index contributed by atoms with van der Waals surface area (Å²) < 4.78 is 11.8. The number of benzene rings is 2. The van der Waals surface area contributed by atoms with Crippen molar-refractivity contribution in [3.63, 3.8) is 0 Å². The van der Waals surface area contributed by atoms with E-state index < -0.39 is 0 Å². The van der Waals surface area contributed by atoms with Crippen LogP contribution in [0.5, 0.6) is 11.5 Å². The van der Waals surface area contributed by atoms with E-state index in [1.807, 2.05) is 42.5 Å². The Labute approximate surface area is 219 Å². The summed E-state index contributed by atoms with van der Waals surface area (Å²) in [5, 5.41) is 3.80. The quantitative estimate of drug-likeness (QED) is 0.318. The van der Waals surface area contributed by atoms with Gasteiger partial charge in [0.2, 0.25) is 0 Å². The smallest absolute Gasteiger partial charge is 0.259 e. The molecule has 3 aromatic rings. The SMILES string of the molecule is COc1ccc(OC)c(C=Nc2sc3c(c2C(=O)Nc2ccc(Br)cc2)CCC(C(C)(C)C)C3)c1. The topological polar surface area (TPSA) is 59.9 Å². The van der Waals surface area contributed by atoms with Gasteiger partial charge in [-0.2, -0.15) is 0 Å². The van der Waals surface area contributed by atoms with Crippen LogP contribution in [-0.4, -0.2) is 26.3 Å². The number of methoxy groups -OCH3 is 2. The van der Waals surface area contributed by atoms with Gasteiger partial charge in [-0.25, -0.2) is 4.99 Å². The highest BCUT2D eigenvalue weighted by Crippen LogP contribution is 2.45. The molecule has 1 heterocycles. The minimum Gasteiger partial charge on any atom is -0.497 e. The zero-order valence-corrected chi connectivity index (χ0v) is 23.2. The van der Waals surface area contributed by atoms with E-state index in [0.717, 1.165) is 51.3 Å². The van der Waals surface area contributed by atoms with Crippen molar-refractivity contribution in [2.75, 3.05) is 19.5 Å². The maximum Gasteiger partial charge on any atom is 0.259 e. The Morgan fingerprint density at radius 2 is 1.89 bits per heavy atom. The normalized spacial score (nSPS) is 15.7. The molecule has 7 heteroatoms. The first-order valence-electron chi connectivity index (χ1n) is 11.7. The van der Waals surface area contributed by atoms with E-state index in [4.69, 9.17) is 14.5 Å². The zero-order chi connectivity index (χ0) is 25.2. The summed E-state index contributed by atoms with van der Waals surface area (Å²) in [5.41, 5.74) is 3.59. The molecule has 1 aromatic heterocycles. The number of anilines is 1. The molecule has 1 unspecified atom stereocenters. The van der Waals surface area contributed by atoms with E-state index in [9.17, 15) is 4.79 Å². The molecule has 0 radical (unpaired) electrons. The van der Waals surface area contributed by atoms with Crippen LogP contribution in [0.2, 0.25) is 0 Å². The summed E-state index contributed by atoms with van der Waals surface area (Å²) >= 11 is 5.08. The maximum absolute atomic E-state index is 13.5. The molecule has 0 fully saturated rings. The number of hydrogen-bond donors (Lipinski definition) is 1. The highest BCUT2D eigenvalue weighted by molar-refractivity contribution is 9.10. The van der Waals surface area contributed by atoms with Gasteiger partial charge in [-0.05, 0) is 78.6 Å². The zero-order valence-electron chi connectivity index (χ0n) is 20.8. The number of amides is 1. The number of carbonyl (C=O) groups is 1. The van der Waals surface area contributed by atoms with Gasteiger partial charge in [0.25, 0.3) is 5.91 Å². The molecule has 1 aliphatic rings. The van der Waals surface area contributed by atoms with Crippen LogP contribution in [0.3, 0.4) is 0 Å². The van der Waals surface area contributed by atoms with Crippen LogP contribution in [0.4, 0.5) is 10.7 Å². The van der Waals surface area contributed by atoms with Crippen molar-refractivity contribution in [1.29, 1.82) is 0 Å². The molecule has 4 rings (SSSR count). The van der Waals surface area contributed by atoms with Crippen molar-refractivity contribution in [3.05, 3.63) is 68.5 Å². The van der Waals surface area contributed by atoms with Crippen molar-refractivity contribution in [2.45, 2.75) is 40.0 Å². The molecule has 2 aromatic carbocycles. The monoisotopic (exact) mass is 554 g/mol. The summed E-state index contributed by atoms with van der Waals surface area (Å²) in [6.07, 6.45) is 4.68. The molecule has 184 valence electrons. The average molecular weight is 556 g/mol. The van der Waals surface area contributed by atoms with E-state index in [1.165, 1.54) is 4.88 Å². The Morgan fingerprint density at radius 1 is 1.14 bits per heavy atom. The Hall–Kier alpha value is -2.64. The number of nitrogens with one attached hydrogen (secondary N) is 1. The molecule has 1 amide bonds. The van der Waals surface area contributed by atoms with Crippen molar-refractivity contribution in [2.24, 2.45) is 16.3 Å². The average Bonchev–Trinajstić information content (AvgIpc) is 3.21. The van der Waals surface area contributed by atoms with E-state index in [1.54, 1.807) is 31.8 Å². The van der Waals surface area contributed by atoms with Crippen LogP contribution in [0.15, 0.2) is 51.9 Å². The highest BCUT2D eigenvalue weighted by Gasteiger charge is 2.33. The number of halogens is 1. The minimum absolute atomic E-state index is 0.121. The minimum atomic E-state index is -0.121. The maximum atomic E-state index is 13.5. The van der Waals surface area contributed by atoms with E-state index in [-0.39, 0.29) is 11.3 Å². The molecule has 1 atom stereocenters. The van der Waals surface area contributed by atoms with Crippen LogP contribution in [0.25, 0.3) is 0 Å². The van der Waals surface area contributed by atoms with Gasteiger partial charge in [0, 0.05) is 26.8 Å². The fraction of sp³-hybridized carbons (Fsp3) is 0.357. The lowest BCUT2D eigenvalue weighted by Crippen LogP contribution is -2.27. The first-order chi connectivity index (χ1) is 16.7. The molecule has 0 saturated heterocycles. The third-order valence-corrected chi connectivity index (χ3v) is 8.25. The Kier molecular flexibility index (Phi) is 7.67. The van der Waals surface area contributed by atoms with Gasteiger partial charge in [0.05, 0.1) is 19.8 Å². The molecule has 35 heavy (non-hydrogen) atoms. The lowest BCUT2D eigenvalue weighted by atomic mass is 9.72. The second-order valence-electron chi connectivity index (χ2n) is 9.82.